The van der Waals surface area contributed by atoms with E-state index >= 15 is 0 Å². The van der Waals surface area contributed by atoms with Crippen molar-refractivity contribution in [1.82, 2.24) is 15.1 Å². The van der Waals surface area contributed by atoms with E-state index in [0.717, 1.165) is 63.2 Å². The second-order valence-electron chi connectivity index (χ2n) is 5.69. The molecule has 0 saturated carbocycles. The van der Waals surface area contributed by atoms with Crippen LogP contribution in [0, 0.1) is 0 Å². The fourth-order valence-corrected chi connectivity index (χ4v) is 2.95. The lowest BCUT2D eigenvalue weighted by Gasteiger charge is -2.36. The van der Waals surface area contributed by atoms with E-state index < -0.39 is 0 Å². The number of nitrogens with zero attached hydrogens (tertiary/aromatic N) is 2. The average Bonchev–Trinajstić information content (AvgIpc) is 2.59. The first-order valence-corrected chi connectivity index (χ1v) is 8.50. The highest BCUT2D eigenvalue weighted by Crippen LogP contribution is 2.15. The minimum atomic E-state index is 0.768. The Kier molecular flexibility index (Phi) is 7.58. The normalized spacial score (nSPS) is 15.5. The van der Waals surface area contributed by atoms with E-state index in [1.165, 1.54) is 5.56 Å². The van der Waals surface area contributed by atoms with E-state index in [9.17, 15) is 0 Å². The number of nitrogens with one attached hydrogen (secondary N) is 1. The summed E-state index contributed by atoms with van der Waals surface area (Å²) >= 11 is 5.46. The van der Waals surface area contributed by atoms with Crippen LogP contribution in [0.3, 0.4) is 0 Å². The van der Waals surface area contributed by atoms with E-state index in [1.54, 1.807) is 14.2 Å². The molecule has 1 heterocycles. The lowest BCUT2D eigenvalue weighted by molar-refractivity contribution is 0.173. The lowest BCUT2D eigenvalue weighted by Crippen LogP contribution is -2.51. The summed E-state index contributed by atoms with van der Waals surface area (Å²) in [5.74, 6) is 0.919. The third-order valence-corrected chi connectivity index (χ3v) is 4.40. The fourth-order valence-electron chi connectivity index (χ4n) is 2.66. The van der Waals surface area contributed by atoms with Crippen LogP contribution in [0.15, 0.2) is 24.3 Å². The van der Waals surface area contributed by atoms with Gasteiger partial charge in [0.1, 0.15) is 5.75 Å². The van der Waals surface area contributed by atoms with Gasteiger partial charge in [-0.05, 0) is 36.3 Å². The maximum Gasteiger partial charge on any atom is 0.169 e. The molecule has 0 spiro atoms. The molecular formula is C17H27N3O2S. The van der Waals surface area contributed by atoms with Gasteiger partial charge in [0, 0.05) is 53.0 Å². The minimum absolute atomic E-state index is 0.768. The third kappa shape index (κ3) is 5.97. The molecule has 2 rings (SSSR count). The van der Waals surface area contributed by atoms with Gasteiger partial charge in [0.15, 0.2) is 5.11 Å². The van der Waals surface area contributed by atoms with Gasteiger partial charge in [0.25, 0.3) is 0 Å². The molecule has 0 bridgehead atoms. The van der Waals surface area contributed by atoms with Crippen molar-refractivity contribution < 1.29 is 9.47 Å². The molecule has 0 aliphatic carbocycles. The summed E-state index contributed by atoms with van der Waals surface area (Å²) in [5, 5.41) is 4.17. The molecule has 1 fully saturated rings. The molecule has 6 heteroatoms. The van der Waals surface area contributed by atoms with Gasteiger partial charge in [-0.2, -0.15) is 0 Å². The molecule has 1 aliphatic heterocycles. The molecule has 0 atom stereocenters. The number of methoxy groups -OCH3 is 2. The molecule has 1 N–H and O–H groups in total. The second kappa shape index (κ2) is 9.70. The molecule has 23 heavy (non-hydrogen) atoms. The fraction of sp³-hybridized carbons (Fsp3) is 0.588. The molecule has 1 aliphatic rings. The van der Waals surface area contributed by atoms with Crippen molar-refractivity contribution in [3.8, 4) is 5.75 Å². The summed E-state index contributed by atoms with van der Waals surface area (Å²) in [6, 6.07) is 8.28. The Morgan fingerprint density at radius 1 is 1.22 bits per heavy atom. The highest BCUT2D eigenvalue weighted by atomic mass is 32.1. The van der Waals surface area contributed by atoms with Crippen LogP contribution in [0.2, 0.25) is 0 Å². The van der Waals surface area contributed by atoms with E-state index in [2.05, 4.69) is 27.2 Å². The molecule has 128 valence electrons. The van der Waals surface area contributed by atoms with Crippen molar-refractivity contribution in [3.05, 3.63) is 29.8 Å². The summed E-state index contributed by atoms with van der Waals surface area (Å²) in [4.78, 5) is 4.71. The van der Waals surface area contributed by atoms with Gasteiger partial charge in [-0.3, -0.25) is 4.90 Å². The van der Waals surface area contributed by atoms with Crippen LogP contribution in [-0.4, -0.2) is 68.5 Å². The van der Waals surface area contributed by atoms with Gasteiger partial charge in [-0.1, -0.05) is 12.1 Å². The summed E-state index contributed by atoms with van der Waals surface area (Å²) in [7, 11) is 3.43. The van der Waals surface area contributed by atoms with E-state index in [-0.39, 0.29) is 0 Å². The van der Waals surface area contributed by atoms with Crippen LogP contribution >= 0.6 is 12.2 Å². The molecule has 1 aromatic carbocycles. The first kappa shape index (κ1) is 18.0. The van der Waals surface area contributed by atoms with Crippen LogP contribution in [0.1, 0.15) is 12.0 Å². The molecule has 0 unspecified atom stereocenters. The Morgan fingerprint density at radius 2 is 2.00 bits per heavy atom. The quantitative estimate of drug-likeness (QED) is 0.603. The highest BCUT2D eigenvalue weighted by Gasteiger charge is 2.18. The van der Waals surface area contributed by atoms with Gasteiger partial charge in [-0.15, -0.1) is 0 Å². The molecule has 1 aromatic rings. The molecule has 0 amide bonds. The van der Waals surface area contributed by atoms with Crippen molar-refractivity contribution in [2.75, 3.05) is 53.6 Å². The van der Waals surface area contributed by atoms with Crippen LogP contribution in [0.25, 0.3) is 0 Å². The maximum absolute atomic E-state index is 5.46. The van der Waals surface area contributed by atoms with Crippen molar-refractivity contribution in [3.63, 3.8) is 0 Å². The molecule has 0 aromatic heterocycles. The maximum atomic E-state index is 5.46. The molecule has 1 saturated heterocycles. The lowest BCUT2D eigenvalue weighted by atomic mass is 10.2. The minimum Gasteiger partial charge on any atom is -0.497 e. The summed E-state index contributed by atoms with van der Waals surface area (Å²) in [6.07, 6.45) is 0.979. The molecular weight excluding hydrogens is 310 g/mol. The standard InChI is InChI=1S/C17H27N3O2S/c1-21-12-4-7-18-17(23)20-10-8-19(9-11-20)14-15-5-3-6-16(13-15)22-2/h3,5-6,13H,4,7-12,14H2,1-2H3,(H,18,23). The molecule has 0 radical (unpaired) electrons. The predicted molar refractivity (Wildman–Crippen MR) is 96.9 cm³/mol. The van der Waals surface area contributed by atoms with Crippen molar-refractivity contribution in [2.24, 2.45) is 0 Å². The van der Waals surface area contributed by atoms with E-state index in [1.807, 2.05) is 12.1 Å². The monoisotopic (exact) mass is 337 g/mol. The average molecular weight is 337 g/mol. The topological polar surface area (TPSA) is 37.0 Å². The Hall–Kier alpha value is -1.37. The Morgan fingerprint density at radius 3 is 2.70 bits per heavy atom. The smallest absolute Gasteiger partial charge is 0.169 e. The van der Waals surface area contributed by atoms with Crippen LogP contribution in [0.4, 0.5) is 0 Å². The Labute approximate surface area is 144 Å². The van der Waals surface area contributed by atoms with E-state index in [0.29, 0.717) is 0 Å². The molecule has 5 nitrogen and oxygen atoms in total. The van der Waals surface area contributed by atoms with Crippen molar-refractivity contribution in [2.45, 2.75) is 13.0 Å². The SMILES string of the molecule is COCCCNC(=S)N1CCN(Cc2cccc(OC)c2)CC1. The van der Waals surface area contributed by atoms with Gasteiger partial charge in [0.05, 0.1) is 7.11 Å². The summed E-state index contributed by atoms with van der Waals surface area (Å²) in [5.41, 5.74) is 1.29. The Bertz CT molecular complexity index is 490. The van der Waals surface area contributed by atoms with Crippen molar-refractivity contribution in [1.29, 1.82) is 0 Å². The summed E-state index contributed by atoms with van der Waals surface area (Å²) in [6.45, 7) is 6.59. The Balaban J connectivity index is 1.71. The zero-order chi connectivity index (χ0) is 16.5. The first-order chi connectivity index (χ1) is 11.2. The van der Waals surface area contributed by atoms with E-state index in [4.69, 9.17) is 21.7 Å². The highest BCUT2D eigenvalue weighted by molar-refractivity contribution is 7.80. The second-order valence-corrected chi connectivity index (χ2v) is 6.08. The largest absolute Gasteiger partial charge is 0.497 e. The zero-order valence-electron chi connectivity index (χ0n) is 14.1. The first-order valence-electron chi connectivity index (χ1n) is 8.10. The van der Waals surface area contributed by atoms with Gasteiger partial charge in [0.2, 0.25) is 0 Å². The van der Waals surface area contributed by atoms with Gasteiger partial charge < -0.3 is 19.7 Å². The number of hydrogen-bond donors (Lipinski definition) is 1. The predicted octanol–water partition coefficient (Wildman–Crippen LogP) is 1.72. The van der Waals surface area contributed by atoms with Crippen LogP contribution in [-0.2, 0) is 11.3 Å². The number of hydrogen-bond acceptors (Lipinski definition) is 4. The van der Waals surface area contributed by atoms with Crippen molar-refractivity contribution >= 4 is 17.3 Å². The van der Waals surface area contributed by atoms with Crippen LogP contribution < -0.4 is 10.1 Å². The van der Waals surface area contributed by atoms with Crippen LogP contribution in [0.5, 0.6) is 5.75 Å². The summed E-state index contributed by atoms with van der Waals surface area (Å²) < 4.78 is 10.3. The van der Waals surface area contributed by atoms with Gasteiger partial charge >= 0.3 is 0 Å². The number of ether oxygens (including phenoxy) is 2. The number of piperazine rings is 1. The number of benzene rings is 1. The number of rotatable bonds is 7. The third-order valence-electron chi connectivity index (χ3n) is 4.00. The van der Waals surface area contributed by atoms with Gasteiger partial charge in [-0.25, -0.2) is 0 Å². The number of thiocarbonyl (C=S) groups is 1. The zero-order valence-corrected chi connectivity index (χ0v) is 14.9.